The molecule has 0 amide bonds. The zero-order valence-corrected chi connectivity index (χ0v) is 15.3. The molecule has 0 aromatic heterocycles. The number of hydrogen-bond donors (Lipinski definition) is 1. The third-order valence-corrected chi connectivity index (χ3v) is 6.09. The SMILES string of the molecule is Cl.O=S(=O)(c1cccc(F)c1F)N1CCNCC1c1cccc(Cl)c1. The van der Waals surface area contributed by atoms with Crippen LogP contribution in [0.3, 0.4) is 0 Å². The molecule has 0 bridgehead atoms. The summed E-state index contributed by atoms with van der Waals surface area (Å²) in [6.45, 7) is 0.930. The van der Waals surface area contributed by atoms with Crippen molar-refractivity contribution >= 4 is 34.0 Å². The van der Waals surface area contributed by atoms with Crippen molar-refractivity contribution in [3.05, 3.63) is 64.7 Å². The Labute approximate surface area is 156 Å². The van der Waals surface area contributed by atoms with Crippen LogP contribution in [0.15, 0.2) is 47.4 Å². The maximum atomic E-state index is 14.0. The predicted octanol–water partition coefficient (Wildman–Crippen LogP) is 3.38. The molecule has 1 fully saturated rings. The predicted molar refractivity (Wildman–Crippen MR) is 94.6 cm³/mol. The lowest BCUT2D eigenvalue weighted by atomic mass is 10.1. The summed E-state index contributed by atoms with van der Waals surface area (Å²) in [6, 6.07) is 9.43. The van der Waals surface area contributed by atoms with E-state index in [0.29, 0.717) is 23.7 Å². The first kappa shape index (κ1) is 20.1. The van der Waals surface area contributed by atoms with E-state index >= 15 is 0 Å². The Balaban J connectivity index is 0.00000225. The van der Waals surface area contributed by atoms with E-state index in [-0.39, 0.29) is 19.0 Å². The number of nitrogens with one attached hydrogen (secondary N) is 1. The average molecular weight is 409 g/mol. The Morgan fingerprint density at radius 1 is 1.16 bits per heavy atom. The van der Waals surface area contributed by atoms with Crippen LogP contribution in [0.1, 0.15) is 11.6 Å². The van der Waals surface area contributed by atoms with Crippen molar-refractivity contribution in [2.45, 2.75) is 10.9 Å². The zero-order chi connectivity index (χ0) is 17.3. The minimum atomic E-state index is -4.19. The number of nitrogens with zero attached hydrogens (tertiary/aromatic N) is 1. The Bertz CT molecular complexity index is 865. The van der Waals surface area contributed by atoms with Gasteiger partial charge in [0, 0.05) is 24.7 Å². The van der Waals surface area contributed by atoms with E-state index in [2.05, 4.69) is 5.32 Å². The van der Waals surface area contributed by atoms with Gasteiger partial charge in [-0.15, -0.1) is 12.4 Å². The first-order valence-electron chi connectivity index (χ1n) is 7.33. The van der Waals surface area contributed by atoms with Gasteiger partial charge in [0.2, 0.25) is 10.0 Å². The van der Waals surface area contributed by atoms with Gasteiger partial charge in [-0.25, -0.2) is 17.2 Å². The zero-order valence-electron chi connectivity index (χ0n) is 13.0. The van der Waals surface area contributed by atoms with Gasteiger partial charge in [-0.05, 0) is 29.8 Å². The molecule has 1 atom stereocenters. The standard InChI is InChI=1S/C16H15ClF2N2O2S.ClH/c17-12-4-1-3-11(9-12)14-10-20-7-8-21(14)24(22,23)15-6-2-5-13(18)16(15)19;/h1-6,9,14,20H,7-8,10H2;1H. The molecular formula is C16H16Cl2F2N2O2S. The molecule has 0 aliphatic carbocycles. The van der Waals surface area contributed by atoms with Crippen molar-refractivity contribution in [2.24, 2.45) is 0 Å². The van der Waals surface area contributed by atoms with E-state index in [0.717, 1.165) is 12.1 Å². The lowest BCUT2D eigenvalue weighted by Gasteiger charge is -2.35. The van der Waals surface area contributed by atoms with Crippen LogP contribution in [0, 0.1) is 11.6 Å². The number of sulfonamides is 1. The molecule has 1 aliphatic rings. The molecule has 1 saturated heterocycles. The largest absolute Gasteiger partial charge is 0.313 e. The topological polar surface area (TPSA) is 49.4 Å². The maximum absolute atomic E-state index is 14.0. The van der Waals surface area contributed by atoms with Crippen LogP contribution in [0.25, 0.3) is 0 Å². The van der Waals surface area contributed by atoms with Crippen LogP contribution in [0.4, 0.5) is 8.78 Å². The van der Waals surface area contributed by atoms with Gasteiger partial charge in [-0.1, -0.05) is 29.8 Å². The smallest absolute Gasteiger partial charge is 0.246 e. The molecule has 0 radical (unpaired) electrons. The number of halogens is 4. The molecule has 0 saturated carbocycles. The van der Waals surface area contributed by atoms with Gasteiger partial charge >= 0.3 is 0 Å². The van der Waals surface area contributed by atoms with Gasteiger partial charge < -0.3 is 5.32 Å². The average Bonchev–Trinajstić information content (AvgIpc) is 2.57. The monoisotopic (exact) mass is 408 g/mol. The summed E-state index contributed by atoms with van der Waals surface area (Å²) in [4.78, 5) is -0.656. The Morgan fingerprint density at radius 2 is 1.88 bits per heavy atom. The molecule has 2 aromatic carbocycles. The first-order chi connectivity index (χ1) is 11.4. The van der Waals surface area contributed by atoms with E-state index in [1.54, 1.807) is 24.3 Å². The molecule has 136 valence electrons. The highest BCUT2D eigenvalue weighted by molar-refractivity contribution is 7.89. The summed E-state index contributed by atoms with van der Waals surface area (Å²) in [6.07, 6.45) is 0. The molecule has 1 unspecified atom stereocenters. The summed E-state index contributed by atoms with van der Waals surface area (Å²) in [7, 11) is -4.19. The highest BCUT2D eigenvalue weighted by Crippen LogP contribution is 2.31. The quantitative estimate of drug-likeness (QED) is 0.846. The van der Waals surface area contributed by atoms with Crippen molar-refractivity contribution in [2.75, 3.05) is 19.6 Å². The van der Waals surface area contributed by atoms with Gasteiger partial charge in [0.1, 0.15) is 4.90 Å². The minimum absolute atomic E-state index is 0. The maximum Gasteiger partial charge on any atom is 0.246 e. The molecule has 25 heavy (non-hydrogen) atoms. The third kappa shape index (κ3) is 3.96. The molecule has 9 heteroatoms. The van der Waals surface area contributed by atoms with E-state index in [9.17, 15) is 17.2 Å². The highest BCUT2D eigenvalue weighted by Gasteiger charge is 2.36. The first-order valence-corrected chi connectivity index (χ1v) is 9.15. The number of piperazine rings is 1. The Morgan fingerprint density at radius 3 is 2.60 bits per heavy atom. The van der Waals surface area contributed by atoms with Crippen LogP contribution in [0.2, 0.25) is 5.02 Å². The molecule has 0 spiro atoms. The molecule has 1 aliphatic heterocycles. The van der Waals surface area contributed by atoms with Crippen molar-refractivity contribution in [1.29, 1.82) is 0 Å². The van der Waals surface area contributed by atoms with E-state index in [1.165, 1.54) is 10.4 Å². The molecule has 3 rings (SSSR count). The lowest BCUT2D eigenvalue weighted by Crippen LogP contribution is -2.48. The summed E-state index contributed by atoms with van der Waals surface area (Å²) < 4.78 is 54.5. The van der Waals surface area contributed by atoms with Crippen LogP contribution < -0.4 is 5.32 Å². The van der Waals surface area contributed by atoms with Crippen molar-refractivity contribution < 1.29 is 17.2 Å². The summed E-state index contributed by atoms with van der Waals surface area (Å²) in [5.41, 5.74) is 0.690. The second-order valence-corrected chi connectivity index (χ2v) is 7.74. The summed E-state index contributed by atoms with van der Waals surface area (Å²) in [5, 5.41) is 3.59. The Kier molecular flexibility index (Phi) is 6.40. The van der Waals surface area contributed by atoms with Crippen LogP contribution in [0.5, 0.6) is 0 Å². The summed E-state index contributed by atoms with van der Waals surface area (Å²) >= 11 is 5.99. The second kappa shape index (κ2) is 7.97. The van der Waals surface area contributed by atoms with Gasteiger partial charge in [0.15, 0.2) is 11.6 Å². The molecule has 1 heterocycles. The molecular weight excluding hydrogens is 393 g/mol. The van der Waals surface area contributed by atoms with Crippen LogP contribution in [-0.4, -0.2) is 32.4 Å². The van der Waals surface area contributed by atoms with Crippen molar-refractivity contribution in [3.63, 3.8) is 0 Å². The molecule has 4 nitrogen and oxygen atoms in total. The number of rotatable bonds is 3. The fraction of sp³-hybridized carbons (Fsp3) is 0.250. The normalized spacial score (nSPS) is 18.6. The van der Waals surface area contributed by atoms with E-state index < -0.39 is 32.6 Å². The molecule has 2 aromatic rings. The van der Waals surface area contributed by atoms with E-state index in [1.807, 2.05) is 0 Å². The van der Waals surface area contributed by atoms with Gasteiger partial charge in [-0.2, -0.15) is 4.31 Å². The van der Waals surface area contributed by atoms with Crippen LogP contribution >= 0.6 is 24.0 Å². The van der Waals surface area contributed by atoms with E-state index in [4.69, 9.17) is 11.6 Å². The minimum Gasteiger partial charge on any atom is -0.313 e. The van der Waals surface area contributed by atoms with Gasteiger partial charge in [-0.3, -0.25) is 0 Å². The number of hydrogen-bond acceptors (Lipinski definition) is 3. The third-order valence-electron chi connectivity index (χ3n) is 3.93. The number of benzene rings is 2. The van der Waals surface area contributed by atoms with Crippen molar-refractivity contribution in [1.82, 2.24) is 9.62 Å². The van der Waals surface area contributed by atoms with Crippen molar-refractivity contribution in [3.8, 4) is 0 Å². The summed E-state index contributed by atoms with van der Waals surface area (Å²) in [5.74, 6) is -2.55. The van der Waals surface area contributed by atoms with Gasteiger partial charge in [0.25, 0.3) is 0 Å². The lowest BCUT2D eigenvalue weighted by molar-refractivity contribution is 0.270. The molecule has 1 N–H and O–H groups in total. The highest BCUT2D eigenvalue weighted by atomic mass is 35.5. The Hall–Kier alpha value is -1.25. The van der Waals surface area contributed by atoms with Gasteiger partial charge in [0.05, 0.1) is 6.04 Å². The fourth-order valence-electron chi connectivity index (χ4n) is 2.78. The van der Waals surface area contributed by atoms with Crippen LogP contribution in [-0.2, 0) is 10.0 Å². The second-order valence-electron chi connectivity index (χ2n) is 5.44. The fourth-order valence-corrected chi connectivity index (χ4v) is 4.67.